The Balaban J connectivity index is 1.25. The van der Waals surface area contributed by atoms with E-state index in [1.165, 1.54) is 22.0 Å². The fourth-order valence-corrected chi connectivity index (χ4v) is 4.20. The molecule has 5 rings (SSSR count). The molecule has 1 unspecified atom stereocenters. The Morgan fingerprint density at radius 1 is 1.06 bits per heavy atom. The van der Waals surface area contributed by atoms with Crippen molar-refractivity contribution in [1.29, 1.82) is 0 Å². The highest BCUT2D eigenvalue weighted by molar-refractivity contribution is 6.32. The lowest BCUT2D eigenvalue weighted by molar-refractivity contribution is -0.162. The van der Waals surface area contributed by atoms with Gasteiger partial charge in [0.05, 0.1) is 11.1 Å². The molecule has 0 radical (unpaired) electrons. The van der Waals surface area contributed by atoms with Crippen molar-refractivity contribution in [3.05, 3.63) is 70.6 Å². The Morgan fingerprint density at radius 2 is 1.76 bits per heavy atom. The number of amides is 2. The first kappa shape index (κ1) is 22.1. The lowest BCUT2D eigenvalue weighted by atomic mass is 9.96. The molecule has 1 saturated heterocycles. The van der Waals surface area contributed by atoms with E-state index in [1.807, 2.05) is 6.07 Å². The van der Waals surface area contributed by atoms with Gasteiger partial charge in [-0.2, -0.15) is 0 Å². The van der Waals surface area contributed by atoms with Crippen molar-refractivity contribution in [2.75, 3.05) is 26.2 Å². The maximum absolute atomic E-state index is 14.6. The van der Waals surface area contributed by atoms with Gasteiger partial charge in [-0.05, 0) is 49.1 Å². The van der Waals surface area contributed by atoms with Crippen LogP contribution in [0, 0.1) is 0 Å². The van der Waals surface area contributed by atoms with Crippen LogP contribution in [-0.4, -0.2) is 65.8 Å². The van der Waals surface area contributed by atoms with Crippen LogP contribution in [0.25, 0.3) is 0 Å². The molecule has 0 N–H and O–H groups in total. The van der Waals surface area contributed by atoms with Gasteiger partial charge in [-0.15, -0.1) is 0 Å². The van der Waals surface area contributed by atoms with E-state index in [1.54, 1.807) is 24.3 Å². The van der Waals surface area contributed by atoms with Gasteiger partial charge in [-0.25, -0.2) is 14.0 Å². The molecule has 0 spiro atoms. The molecule has 2 fully saturated rings. The average molecular weight is 466 g/mol. The number of piperazine rings is 1. The van der Waals surface area contributed by atoms with Crippen LogP contribution in [0.4, 0.5) is 4.39 Å². The molecule has 2 aliphatic carbocycles. The van der Waals surface area contributed by atoms with Gasteiger partial charge in [0, 0.05) is 31.7 Å². The zero-order valence-corrected chi connectivity index (χ0v) is 18.4. The van der Waals surface area contributed by atoms with Crippen LogP contribution in [0.5, 0.6) is 0 Å². The van der Waals surface area contributed by atoms with Crippen LogP contribution in [-0.2, 0) is 23.9 Å². The van der Waals surface area contributed by atoms with E-state index >= 15 is 0 Å². The normalized spacial score (nSPS) is 23.1. The third-order valence-corrected chi connectivity index (χ3v) is 6.25. The number of rotatable bonds is 3. The minimum Gasteiger partial charge on any atom is -0.455 e. The van der Waals surface area contributed by atoms with Crippen LogP contribution in [0.2, 0.25) is 0 Å². The van der Waals surface area contributed by atoms with E-state index in [4.69, 9.17) is 9.47 Å². The van der Waals surface area contributed by atoms with Crippen molar-refractivity contribution in [2.24, 2.45) is 0 Å². The molecular formula is C25H23FN2O6. The first-order chi connectivity index (χ1) is 16.4. The van der Waals surface area contributed by atoms with Crippen molar-refractivity contribution in [3.8, 4) is 0 Å². The Bertz CT molecular complexity index is 1160. The second kappa shape index (κ2) is 8.89. The molecule has 1 aromatic rings. The van der Waals surface area contributed by atoms with Crippen LogP contribution in [0.1, 0.15) is 41.3 Å². The molecule has 0 aromatic heterocycles. The Kier molecular flexibility index (Phi) is 5.77. The van der Waals surface area contributed by atoms with Crippen LogP contribution in [0.15, 0.2) is 59.5 Å². The largest absolute Gasteiger partial charge is 0.455 e. The van der Waals surface area contributed by atoms with E-state index in [0.717, 1.165) is 18.4 Å². The van der Waals surface area contributed by atoms with Gasteiger partial charge in [0.25, 0.3) is 5.91 Å². The molecule has 9 heteroatoms. The summed E-state index contributed by atoms with van der Waals surface area (Å²) in [5, 5.41) is 0. The minimum absolute atomic E-state index is 0.0805. The summed E-state index contributed by atoms with van der Waals surface area (Å²) in [5.41, 5.74) is 1.81. The summed E-state index contributed by atoms with van der Waals surface area (Å²) in [6, 6.07) is 7.07. The lowest BCUT2D eigenvalue weighted by Crippen LogP contribution is -2.52. The number of fused-ring (bicyclic) bond motifs is 1. The number of halogens is 1. The minimum atomic E-state index is -0.866. The van der Waals surface area contributed by atoms with Crippen molar-refractivity contribution >= 4 is 23.8 Å². The maximum Gasteiger partial charge on any atom is 0.397 e. The van der Waals surface area contributed by atoms with E-state index in [-0.39, 0.29) is 44.3 Å². The summed E-state index contributed by atoms with van der Waals surface area (Å²) >= 11 is 0. The number of allylic oxidation sites excluding steroid dienone is 3. The number of carbonyl (C=O) groups excluding carboxylic acids is 4. The van der Waals surface area contributed by atoms with Gasteiger partial charge < -0.3 is 19.3 Å². The summed E-state index contributed by atoms with van der Waals surface area (Å²) in [4.78, 5) is 52.0. The van der Waals surface area contributed by atoms with Crippen LogP contribution < -0.4 is 0 Å². The van der Waals surface area contributed by atoms with Crippen LogP contribution in [0.3, 0.4) is 0 Å². The van der Waals surface area contributed by atoms with Gasteiger partial charge in [-0.1, -0.05) is 18.2 Å². The van der Waals surface area contributed by atoms with Crippen molar-refractivity contribution in [1.82, 2.24) is 9.80 Å². The standard InChI is InChI=1S/C25H23FN2O6/c26-20-8-5-15(14-21-17-3-1-2-4-18(17)24(31)34-21)13-19(20)22(29)27-9-11-28(12-10-27)23(30)25(32)33-16-6-7-16/h1-4,8,13-14,16,21H,5-7,9-12H2. The molecule has 1 atom stereocenters. The van der Waals surface area contributed by atoms with Crippen LogP contribution >= 0.6 is 0 Å². The van der Waals surface area contributed by atoms with Crippen molar-refractivity contribution in [2.45, 2.75) is 31.5 Å². The summed E-state index contributed by atoms with van der Waals surface area (Å²) in [5.74, 6) is -3.09. The number of ether oxygens (including phenoxy) is 2. The maximum atomic E-state index is 14.6. The second-order valence-electron chi connectivity index (χ2n) is 8.66. The fourth-order valence-electron chi connectivity index (χ4n) is 4.20. The van der Waals surface area contributed by atoms with E-state index in [2.05, 4.69) is 0 Å². The topological polar surface area (TPSA) is 93.2 Å². The van der Waals surface area contributed by atoms with Crippen molar-refractivity contribution in [3.63, 3.8) is 0 Å². The first-order valence-corrected chi connectivity index (χ1v) is 11.3. The van der Waals surface area contributed by atoms with Gasteiger partial charge in [0.2, 0.25) is 0 Å². The quantitative estimate of drug-likeness (QED) is 0.502. The Labute approximate surface area is 195 Å². The molecule has 2 amide bonds. The van der Waals surface area contributed by atoms with E-state index in [0.29, 0.717) is 11.1 Å². The molecule has 176 valence electrons. The molecule has 2 aliphatic heterocycles. The number of benzene rings is 1. The molecule has 1 saturated carbocycles. The zero-order chi connectivity index (χ0) is 23.8. The Morgan fingerprint density at radius 3 is 2.50 bits per heavy atom. The number of hydrogen-bond acceptors (Lipinski definition) is 6. The lowest BCUT2D eigenvalue weighted by Gasteiger charge is -2.34. The number of nitrogens with zero attached hydrogens (tertiary/aromatic N) is 2. The molecule has 1 aromatic carbocycles. The van der Waals surface area contributed by atoms with Gasteiger partial charge in [-0.3, -0.25) is 9.59 Å². The van der Waals surface area contributed by atoms with Gasteiger partial charge in [0.15, 0.2) is 0 Å². The number of esters is 2. The monoisotopic (exact) mass is 466 g/mol. The smallest absolute Gasteiger partial charge is 0.397 e. The van der Waals surface area contributed by atoms with E-state index in [9.17, 15) is 23.6 Å². The third-order valence-electron chi connectivity index (χ3n) is 6.25. The van der Waals surface area contributed by atoms with Gasteiger partial charge in [0.1, 0.15) is 18.0 Å². The van der Waals surface area contributed by atoms with Gasteiger partial charge >= 0.3 is 17.8 Å². The number of hydrogen-bond donors (Lipinski definition) is 0. The number of carbonyl (C=O) groups is 4. The molecule has 0 bridgehead atoms. The third kappa shape index (κ3) is 4.37. The summed E-state index contributed by atoms with van der Waals surface area (Å²) in [6.07, 6.45) is 5.61. The molecule has 34 heavy (non-hydrogen) atoms. The molecular weight excluding hydrogens is 443 g/mol. The Hall–Kier alpha value is -3.75. The first-order valence-electron chi connectivity index (χ1n) is 11.3. The summed E-state index contributed by atoms with van der Waals surface area (Å²) in [6.45, 7) is 0.693. The predicted octanol–water partition coefficient (Wildman–Crippen LogP) is 2.38. The molecule has 8 nitrogen and oxygen atoms in total. The van der Waals surface area contributed by atoms with Crippen molar-refractivity contribution < 1.29 is 33.0 Å². The van der Waals surface area contributed by atoms with E-state index < -0.39 is 35.7 Å². The highest BCUT2D eigenvalue weighted by Crippen LogP contribution is 2.34. The molecule has 4 aliphatic rings. The molecule has 2 heterocycles. The fraction of sp³-hybridized carbons (Fsp3) is 0.360. The predicted molar refractivity (Wildman–Crippen MR) is 117 cm³/mol. The number of cyclic esters (lactones) is 1. The highest BCUT2D eigenvalue weighted by atomic mass is 19.1. The second-order valence-corrected chi connectivity index (χ2v) is 8.66. The summed E-state index contributed by atoms with van der Waals surface area (Å²) in [7, 11) is 0. The SMILES string of the molecule is O=C(OC1CC1)C(=O)N1CCN(C(=O)C2=CC(=CC3OC(=O)c4ccccc43)CC=C2F)CC1. The highest BCUT2D eigenvalue weighted by Gasteiger charge is 2.35. The summed E-state index contributed by atoms with van der Waals surface area (Å²) < 4.78 is 25.1. The average Bonchev–Trinajstić information content (AvgIpc) is 3.62. The zero-order valence-electron chi connectivity index (χ0n) is 18.4.